The van der Waals surface area contributed by atoms with Crippen LogP contribution in [-0.2, 0) is 4.79 Å². The van der Waals surface area contributed by atoms with Gasteiger partial charge in [-0.3, -0.25) is 14.9 Å². The molecule has 0 unspecified atom stereocenters. The second kappa shape index (κ2) is 6.36. The summed E-state index contributed by atoms with van der Waals surface area (Å²) in [6.45, 7) is 3.47. The first-order valence-corrected chi connectivity index (χ1v) is 7.16. The Morgan fingerprint density at radius 3 is 2.81 bits per heavy atom. The van der Waals surface area contributed by atoms with Crippen molar-refractivity contribution in [3.63, 3.8) is 0 Å². The van der Waals surface area contributed by atoms with Crippen LogP contribution >= 0.6 is 11.3 Å². The van der Waals surface area contributed by atoms with Gasteiger partial charge in [0.15, 0.2) is 5.13 Å². The molecular formula is C14H15N3O3S. The molecule has 0 saturated carbocycles. The minimum atomic E-state index is -0.396. The lowest BCUT2D eigenvalue weighted by Gasteiger charge is -2.11. The monoisotopic (exact) mass is 305 g/mol. The molecule has 2 aromatic rings. The number of aromatic nitrogens is 1. The highest BCUT2D eigenvalue weighted by Crippen LogP contribution is 2.26. The van der Waals surface area contributed by atoms with Crippen LogP contribution in [0.4, 0.5) is 10.1 Å². The third-order valence-corrected chi connectivity index (χ3v) is 3.45. The first-order valence-electron chi connectivity index (χ1n) is 6.34. The molecule has 0 saturated heterocycles. The number of hydrogen-bond donors (Lipinski definition) is 2. The number of aryl methyl sites for hydroxylation is 1. The zero-order valence-electron chi connectivity index (χ0n) is 11.7. The number of esters is 1. The summed E-state index contributed by atoms with van der Waals surface area (Å²) in [5.41, 5.74) is 6.56. The van der Waals surface area contributed by atoms with Gasteiger partial charge in [-0.05, 0) is 18.6 Å². The molecule has 1 aromatic carbocycles. The normalized spacial score (nSPS) is 10.2. The largest absolute Gasteiger partial charge is 0.425 e. The van der Waals surface area contributed by atoms with Crippen molar-refractivity contribution in [2.45, 2.75) is 20.3 Å². The smallest absolute Gasteiger partial charge is 0.310 e. The van der Waals surface area contributed by atoms with Crippen LogP contribution in [0, 0.1) is 6.92 Å². The summed E-state index contributed by atoms with van der Waals surface area (Å²) < 4.78 is 5.25. The van der Waals surface area contributed by atoms with E-state index < -0.39 is 11.9 Å². The summed E-state index contributed by atoms with van der Waals surface area (Å²) >= 11 is 1.17. The number of ether oxygens (including phenoxy) is 1. The maximum absolute atomic E-state index is 12.3. The summed E-state index contributed by atoms with van der Waals surface area (Å²) in [5.74, 6) is -0.518. The Hall–Kier alpha value is -2.41. The van der Waals surface area contributed by atoms with Crippen molar-refractivity contribution in [3.8, 4) is 5.75 Å². The summed E-state index contributed by atoms with van der Waals surface area (Å²) in [5, 5.41) is 3.54. The molecule has 0 aliphatic carbocycles. The molecule has 1 amide bonds. The Balaban J connectivity index is 2.27. The first-order chi connectivity index (χ1) is 10.0. The minimum Gasteiger partial charge on any atom is -0.425 e. The molecule has 0 atom stereocenters. The number of nitrogen functional groups attached to an aromatic ring is 1. The van der Waals surface area contributed by atoms with E-state index in [0.29, 0.717) is 15.7 Å². The average molecular weight is 305 g/mol. The lowest BCUT2D eigenvalue weighted by molar-refractivity contribution is -0.134. The highest BCUT2D eigenvalue weighted by atomic mass is 32.1. The van der Waals surface area contributed by atoms with Crippen LogP contribution in [0.15, 0.2) is 24.4 Å². The Morgan fingerprint density at radius 2 is 2.19 bits per heavy atom. The van der Waals surface area contributed by atoms with Crippen molar-refractivity contribution in [3.05, 3.63) is 35.5 Å². The van der Waals surface area contributed by atoms with Gasteiger partial charge in [0, 0.05) is 6.42 Å². The third-order valence-electron chi connectivity index (χ3n) is 2.71. The van der Waals surface area contributed by atoms with Crippen LogP contribution in [0.3, 0.4) is 0 Å². The van der Waals surface area contributed by atoms with Gasteiger partial charge in [0.25, 0.3) is 5.91 Å². The van der Waals surface area contributed by atoms with Gasteiger partial charge in [0.1, 0.15) is 10.8 Å². The Morgan fingerprint density at radius 1 is 1.43 bits per heavy atom. The molecule has 1 heterocycles. The van der Waals surface area contributed by atoms with Crippen molar-refractivity contribution in [1.29, 1.82) is 0 Å². The van der Waals surface area contributed by atoms with Gasteiger partial charge < -0.3 is 10.5 Å². The zero-order valence-corrected chi connectivity index (χ0v) is 12.5. The second-order valence-electron chi connectivity index (χ2n) is 4.30. The predicted octanol–water partition coefficient (Wildman–Crippen LogP) is 2.60. The standard InChI is InChI=1S/C14H15N3O3S/c1-3-11(18)20-12-8(2)5-4-6-9(12)13(19)17-14-16-7-10(15)21-14/h4-7H,3,15H2,1-2H3,(H,16,17,19). The van der Waals surface area contributed by atoms with Crippen molar-refractivity contribution in [2.24, 2.45) is 0 Å². The van der Waals surface area contributed by atoms with E-state index in [4.69, 9.17) is 10.5 Å². The molecule has 0 fully saturated rings. The van der Waals surface area contributed by atoms with Gasteiger partial charge >= 0.3 is 5.97 Å². The van der Waals surface area contributed by atoms with Gasteiger partial charge in [0.05, 0.1) is 11.8 Å². The number of amides is 1. The summed E-state index contributed by atoms with van der Waals surface area (Å²) in [4.78, 5) is 27.7. The Kier molecular flexibility index (Phi) is 4.54. The molecule has 0 aliphatic rings. The molecule has 6 nitrogen and oxygen atoms in total. The summed E-state index contributed by atoms with van der Waals surface area (Å²) in [6, 6.07) is 5.09. The van der Waals surface area contributed by atoms with E-state index in [1.54, 1.807) is 32.0 Å². The third kappa shape index (κ3) is 3.57. The molecule has 1 aromatic heterocycles. The molecule has 7 heteroatoms. The Bertz CT molecular complexity index is 682. The van der Waals surface area contributed by atoms with Crippen molar-refractivity contribution in [1.82, 2.24) is 4.98 Å². The predicted molar refractivity (Wildman–Crippen MR) is 81.6 cm³/mol. The number of rotatable bonds is 4. The number of nitrogens with zero attached hydrogens (tertiary/aromatic N) is 1. The van der Waals surface area contributed by atoms with E-state index in [2.05, 4.69) is 10.3 Å². The van der Waals surface area contributed by atoms with Crippen molar-refractivity contribution < 1.29 is 14.3 Å². The molecule has 0 bridgehead atoms. The lowest BCUT2D eigenvalue weighted by atomic mass is 10.1. The van der Waals surface area contributed by atoms with Crippen LogP contribution in [-0.4, -0.2) is 16.9 Å². The topological polar surface area (TPSA) is 94.3 Å². The van der Waals surface area contributed by atoms with Crippen molar-refractivity contribution >= 4 is 33.3 Å². The SMILES string of the molecule is CCC(=O)Oc1c(C)cccc1C(=O)Nc1ncc(N)s1. The maximum atomic E-state index is 12.3. The summed E-state index contributed by atoms with van der Waals surface area (Å²) in [6.07, 6.45) is 1.70. The van der Waals surface area contributed by atoms with E-state index in [1.807, 2.05) is 0 Å². The highest BCUT2D eigenvalue weighted by Gasteiger charge is 2.18. The number of anilines is 2. The van der Waals surface area contributed by atoms with Crippen LogP contribution in [0.2, 0.25) is 0 Å². The number of carbonyl (C=O) groups is 2. The van der Waals surface area contributed by atoms with E-state index in [0.717, 1.165) is 0 Å². The highest BCUT2D eigenvalue weighted by molar-refractivity contribution is 7.19. The number of nitrogens with one attached hydrogen (secondary N) is 1. The van der Waals surface area contributed by atoms with E-state index >= 15 is 0 Å². The Labute approximate surface area is 125 Å². The van der Waals surface area contributed by atoms with Gasteiger partial charge in [0.2, 0.25) is 0 Å². The molecule has 0 aliphatic heterocycles. The van der Waals surface area contributed by atoms with Gasteiger partial charge in [-0.1, -0.05) is 30.4 Å². The fourth-order valence-electron chi connectivity index (χ4n) is 1.66. The number of carbonyl (C=O) groups excluding carboxylic acids is 2. The number of para-hydroxylation sites is 1. The van der Waals surface area contributed by atoms with Crippen LogP contribution in [0.25, 0.3) is 0 Å². The molecule has 2 rings (SSSR count). The van der Waals surface area contributed by atoms with E-state index in [1.165, 1.54) is 17.5 Å². The number of hydrogen-bond acceptors (Lipinski definition) is 6. The number of benzene rings is 1. The minimum absolute atomic E-state index is 0.235. The van der Waals surface area contributed by atoms with Crippen molar-refractivity contribution in [2.75, 3.05) is 11.1 Å². The number of nitrogens with two attached hydrogens (primary N) is 1. The number of thiazole rings is 1. The quantitative estimate of drug-likeness (QED) is 0.669. The van der Waals surface area contributed by atoms with Gasteiger partial charge in [-0.2, -0.15) is 0 Å². The van der Waals surface area contributed by atoms with Crippen LogP contribution < -0.4 is 15.8 Å². The molecule has 21 heavy (non-hydrogen) atoms. The van der Waals surface area contributed by atoms with Crippen LogP contribution in [0.5, 0.6) is 5.75 Å². The van der Waals surface area contributed by atoms with E-state index in [-0.39, 0.29) is 17.7 Å². The zero-order chi connectivity index (χ0) is 15.4. The van der Waals surface area contributed by atoms with Crippen LogP contribution in [0.1, 0.15) is 29.3 Å². The fraction of sp³-hybridized carbons (Fsp3) is 0.214. The average Bonchev–Trinajstić information content (AvgIpc) is 2.86. The van der Waals surface area contributed by atoms with Gasteiger partial charge in [-0.15, -0.1) is 0 Å². The molecule has 0 radical (unpaired) electrons. The molecule has 110 valence electrons. The fourth-order valence-corrected chi connectivity index (χ4v) is 2.24. The molecule has 0 spiro atoms. The lowest BCUT2D eigenvalue weighted by Crippen LogP contribution is -2.16. The molecular weight excluding hydrogens is 290 g/mol. The molecule has 3 N–H and O–H groups in total. The van der Waals surface area contributed by atoms with E-state index in [9.17, 15) is 9.59 Å². The summed E-state index contributed by atoms with van der Waals surface area (Å²) in [7, 11) is 0. The maximum Gasteiger partial charge on any atom is 0.310 e. The second-order valence-corrected chi connectivity index (χ2v) is 5.36. The first kappa shape index (κ1) is 15.0. The van der Waals surface area contributed by atoms with Gasteiger partial charge in [-0.25, -0.2) is 4.98 Å².